The summed E-state index contributed by atoms with van der Waals surface area (Å²) in [6, 6.07) is 10.7. The van der Waals surface area contributed by atoms with Gasteiger partial charge in [-0.3, -0.25) is 4.79 Å². The van der Waals surface area contributed by atoms with Gasteiger partial charge in [0.15, 0.2) is 17.2 Å². The zero-order valence-corrected chi connectivity index (χ0v) is 19.3. The predicted molar refractivity (Wildman–Crippen MR) is 123 cm³/mol. The fourth-order valence-electron chi connectivity index (χ4n) is 2.69. The topological polar surface area (TPSA) is 74.2 Å². The van der Waals surface area contributed by atoms with Gasteiger partial charge >= 0.3 is 11.9 Å². The number of benzene rings is 2. The first-order chi connectivity index (χ1) is 14.4. The summed E-state index contributed by atoms with van der Waals surface area (Å²) in [4.78, 5) is 28.5. The van der Waals surface area contributed by atoms with Crippen molar-refractivity contribution in [3.05, 3.63) is 61.8 Å². The molecule has 0 aliphatic carbocycles. The monoisotopic (exact) mass is 539 g/mol. The highest BCUT2D eigenvalue weighted by atomic mass is 127. The van der Waals surface area contributed by atoms with Crippen LogP contribution in [-0.2, 0) is 14.3 Å². The van der Waals surface area contributed by atoms with Gasteiger partial charge in [-0.25, -0.2) is 9.79 Å². The van der Waals surface area contributed by atoms with Gasteiger partial charge in [0.05, 0.1) is 11.6 Å². The zero-order valence-electron chi connectivity index (χ0n) is 16.4. The normalized spacial score (nSPS) is 14.5. The number of ether oxygens (including phenoxy) is 3. The van der Waals surface area contributed by atoms with E-state index in [-0.39, 0.29) is 28.8 Å². The fourth-order valence-corrected chi connectivity index (χ4v) is 3.30. The first kappa shape index (κ1) is 22.3. The Morgan fingerprint density at radius 2 is 1.97 bits per heavy atom. The fraction of sp³-hybridized carbons (Fsp3) is 0.227. The smallest absolute Gasteiger partial charge is 0.363 e. The Balaban J connectivity index is 1.93. The molecule has 0 spiro atoms. The molecule has 0 radical (unpaired) electrons. The second-order valence-corrected chi connectivity index (χ2v) is 7.98. The number of halogens is 2. The third-order valence-corrected chi connectivity index (χ3v) is 5.02. The van der Waals surface area contributed by atoms with Crippen LogP contribution in [0.25, 0.3) is 6.08 Å². The summed E-state index contributed by atoms with van der Waals surface area (Å²) in [5.74, 6) is -0.233. The van der Waals surface area contributed by atoms with Gasteiger partial charge in [0.25, 0.3) is 0 Å². The summed E-state index contributed by atoms with van der Waals surface area (Å²) in [6.07, 6.45) is 2.48. The van der Waals surface area contributed by atoms with E-state index in [9.17, 15) is 9.59 Å². The molecule has 0 N–H and O–H groups in total. The largest absolute Gasteiger partial charge is 0.490 e. The molecule has 0 atom stereocenters. The van der Waals surface area contributed by atoms with Gasteiger partial charge < -0.3 is 14.2 Å². The molecule has 2 aromatic rings. The van der Waals surface area contributed by atoms with Crippen LogP contribution in [0.3, 0.4) is 0 Å². The van der Waals surface area contributed by atoms with E-state index in [0.29, 0.717) is 29.9 Å². The molecular weight excluding hydrogens is 521 g/mol. The van der Waals surface area contributed by atoms with E-state index < -0.39 is 11.9 Å². The molecule has 0 fully saturated rings. The van der Waals surface area contributed by atoms with Crippen molar-refractivity contribution < 1.29 is 23.8 Å². The summed E-state index contributed by atoms with van der Waals surface area (Å²) in [7, 11) is 0. The van der Waals surface area contributed by atoms with Crippen molar-refractivity contribution in [3.63, 3.8) is 0 Å². The minimum atomic E-state index is -0.559. The second-order valence-electron chi connectivity index (χ2n) is 6.33. The van der Waals surface area contributed by atoms with Gasteiger partial charge in [-0.2, -0.15) is 0 Å². The number of aliphatic imine (C=N–C) groups is 1. The van der Waals surface area contributed by atoms with Crippen molar-refractivity contribution >= 4 is 58.1 Å². The lowest BCUT2D eigenvalue weighted by Gasteiger charge is -2.13. The highest BCUT2D eigenvalue weighted by Gasteiger charge is 2.24. The Kier molecular flexibility index (Phi) is 7.49. The van der Waals surface area contributed by atoms with Crippen LogP contribution in [0, 0.1) is 3.57 Å². The van der Waals surface area contributed by atoms with Crippen molar-refractivity contribution in [1.82, 2.24) is 0 Å². The van der Waals surface area contributed by atoms with Crippen molar-refractivity contribution in [2.45, 2.75) is 26.7 Å². The maximum atomic E-state index is 12.3. The predicted octanol–water partition coefficient (Wildman–Crippen LogP) is 5.39. The summed E-state index contributed by atoms with van der Waals surface area (Å²) >= 11 is 8.53. The van der Waals surface area contributed by atoms with Gasteiger partial charge in [-0.05, 0) is 84.0 Å². The van der Waals surface area contributed by atoms with Gasteiger partial charge in [-0.1, -0.05) is 18.5 Å². The molecule has 1 heterocycles. The second kappa shape index (κ2) is 10.1. The molecule has 3 rings (SSSR count). The molecule has 0 saturated carbocycles. The Morgan fingerprint density at radius 1 is 1.23 bits per heavy atom. The lowest BCUT2D eigenvalue weighted by Crippen LogP contribution is -2.09. The number of nitrogens with zero attached hydrogens (tertiary/aromatic N) is 1. The molecule has 0 saturated heterocycles. The van der Waals surface area contributed by atoms with Crippen LogP contribution in [0.4, 0.5) is 0 Å². The van der Waals surface area contributed by atoms with Crippen LogP contribution in [0.1, 0.15) is 37.8 Å². The molecule has 2 aromatic carbocycles. The minimum absolute atomic E-state index is 0.137. The molecular formula is C22H19ClINO5. The summed E-state index contributed by atoms with van der Waals surface area (Å²) in [5, 5.41) is 0.199. The number of carbonyl (C=O) groups is 2. The summed E-state index contributed by atoms with van der Waals surface area (Å²) in [5.41, 5.74) is 1.41. The highest BCUT2D eigenvalue weighted by molar-refractivity contribution is 14.1. The standard InChI is InChI=1S/C22H19ClINO5/c1-3-5-19(26)29-20-16(23)10-13(12-18(20)28-4-2)11-17-22(27)30-21(25-17)14-6-8-15(24)9-7-14/h6-12H,3-5H2,1-2H3/b17-11-. The Morgan fingerprint density at radius 3 is 2.63 bits per heavy atom. The average molecular weight is 540 g/mol. The van der Waals surface area contributed by atoms with Crippen LogP contribution in [0.15, 0.2) is 47.1 Å². The number of hydrogen-bond acceptors (Lipinski definition) is 6. The van der Waals surface area contributed by atoms with Crippen molar-refractivity contribution in [2.24, 2.45) is 4.99 Å². The molecule has 1 aliphatic rings. The molecule has 0 unspecified atom stereocenters. The van der Waals surface area contributed by atoms with E-state index in [0.717, 1.165) is 3.57 Å². The van der Waals surface area contributed by atoms with Gasteiger partial charge in [0.2, 0.25) is 5.90 Å². The first-order valence-corrected chi connectivity index (χ1v) is 10.8. The molecule has 0 aromatic heterocycles. The SMILES string of the molecule is CCCC(=O)Oc1c(Cl)cc(/C=C2\N=C(c3ccc(I)cc3)OC2=O)cc1OCC. The molecule has 0 amide bonds. The maximum Gasteiger partial charge on any atom is 0.363 e. The van der Waals surface area contributed by atoms with E-state index in [1.807, 2.05) is 38.1 Å². The summed E-state index contributed by atoms with van der Waals surface area (Å²) in [6.45, 7) is 4.04. The maximum absolute atomic E-state index is 12.3. The van der Waals surface area contributed by atoms with Crippen LogP contribution >= 0.6 is 34.2 Å². The van der Waals surface area contributed by atoms with E-state index in [2.05, 4.69) is 27.6 Å². The number of cyclic esters (lactones) is 1. The van der Waals surface area contributed by atoms with Gasteiger partial charge in [-0.15, -0.1) is 0 Å². The Hall–Kier alpha value is -2.39. The van der Waals surface area contributed by atoms with Gasteiger partial charge in [0.1, 0.15) is 0 Å². The van der Waals surface area contributed by atoms with Crippen molar-refractivity contribution in [2.75, 3.05) is 6.61 Å². The van der Waals surface area contributed by atoms with Crippen molar-refractivity contribution in [3.8, 4) is 11.5 Å². The van der Waals surface area contributed by atoms with Crippen LogP contribution in [0.5, 0.6) is 11.5 Å². The van der Waals surface area contributed by atoms with E-state index in [1.165, 1.54) is 0 Å². The average Bonchev–Trinajstić information content (AvgIpc) is 3.06. The number of esters is 2. The minimum Gasteiger partial charge on any atom is -0.490 e. The molecule has 1 aliphatic heterocycles. The van der Waals surface area contributed by atoms with Crippen LogP contribution in [-0.4, -0.2) is 24.4 Å². The quantitative estimate of drug-likeness (QED) is 0.204. The molecule has 0 bridgehead atoms. The zero-order chi connectivity index (χ0) is 21.7. The third-order valence-electron chi connectivity index (χ3n) is 4.02. The van der Waals surface area contributed by atoms with E-state index >= 15 is 0 Å². The molecule has 30 heavy (non-hydrogen) atoms. The van der Waals surface area contributed by atoms with Crippen LogP contribution < -0.4 is 9.47 Å². The number of hydrogen-bond donors (Lipinski definition) is 0. The third kappa shape index (κ3) is 5.40. The van der Waals surface area contributed by atoms with E-state index in [1.54, 1.807) is 18.2 Å². The molecule has 8 heteroatoms. The Bertz CT molecular complexity index is 1030. The van der Waals surface area contributed by atoms with E-state index in [4.69, 9.17) is 25.8 Å². The number of rotatable bonds is 7. The van der Waals surface area contributed by atoms with Gasteiger partial charge in [0, 0.05) is 15.6 Å². The van der Waals surface area contributed by atoms with Crippen molar-refractivity contribution in [1.29, 1.82) is 0 Å². The summed E-state index contributed by atoms with van der Waals surface area (Å²) < 4.78 is 17.3. The Labute approximate surface area is 193 Å². The van der Waals surface area contributed by atoms with Crippen LogP contribution in [0.2, 0.25) is 5.02 Å². The highest BCUT2D eigenvalue weighted by Crippen LogP contribution is 2.38. The lowest BCUT2D eigenvalue weighted by atomic mass is 10.1. The molecule has 156 valence electrons. The number of carbonyl (C=O) groups excluding carboxylic acids is 2. The molecule has 6 nitrogen and oxygen atoms in total. The first-order valence-electron chi connectivity index (χ1n) is 9.36. The lowest BCUT2D eigenvalue weighted by molar-refractivity contribution is -0.134.